The molecule has 0 saturated carbocycles. The number of amides is 1. The van der Waals surface area contributed by atoms with Gasteiger partial charge in [0.05, 0.1) is 12.6 Å². The van der Waals surface area contributed by atoms with Crippen molar-refractivity contribution < 1.29 is 18.7 Å². The third-order valence-electron chi connectivity index (χ3n) is 4.84. The summed E-state index contributed by atoms with van der Waals surface area (Å²) in [5.74, 6) is -0.371. The number of fused-ring (bicyclic) bond motifs is 3. The summed E-state index contributed by atoms with van der Waals surface area (Å²) in [6.07, 6.45) is -2.10. The van der Waals surface area contributed by atoms with E-state index in [0.29, 0.717) is 16.8 Å². The average Bonchev–Trinajstić information content (AvgIpc) is 2.87. The molecule has 1 amide bonds. The largest absolute Gasteiger partial charge is 0.465 e. The third-order valence-corrected chi connectivity index (χ3v) is 5.07. The summed E-state index contributed by atoms with van der Waals surface area (Å²) < 4.78 is 30.4. The Morgan fingerprint density at radius 3 is 2.52 bits per heavy atom. The Kier molecular flexibility index (Phi) is 3.80. The summed E-state index contributed by atoms with van der Waals surface area (Å²) in [4.78, 5) is 12.2. The topological polar surface area (TPSA) is 45.5 Å². The smallest absolute Gasteiger partial charge is 0.407 e. The molecule has 4 nitrogen and oxygen atoms in total. The van der Waals surface area contributed by atoms with Gasteiger partial charge in [0.25, 0.3) is 0 Å². The van der Waals surface area contributed by atoms with Crippen molar-refractivity contribution >= 4 is 39.5 Å². The minimum absolute atomic E-state index is 0.171. The normalized spacial score (nSPS) is 21.2. The molecule has 0 radical (unpaired) electrons. The van der Waals surface area contributed by atoms with E-state index in [1.54, 1.807) is 24.3 Å². The zero-order valence-corrected chi connectivity index (χ0v) is 13.9. The van der Waals surface area contributed by atoms with Crippen LogP contribution in [0.5, 0.6) is 0 Å². The van der Waals surface area contributed by atoms with E-state index in [4.69, 9.17) is 16.7 Å². The van der Waals surface area contributed by atoms with Gasteiger partial charge < -0.3 is 14.6 Å². The number of likely N-dealkylation sites (tertiary alicyclic amines) is 1. The molecule has 3 aromatic rings. The number of carbonyl (C=O) groups is 1. The van der Waals surface area contributed by atoms with Crippen molar-refractivity contribution in [3.63, 3.8) is 0 Å². The van der Waals surface area contributed by atoms with Crippen LogP contribution in [0.25, 0.3) is 21.8 Å². The highest BCUT2D eigenvalue weighted by molar-refractivity contribution is 6.31. The molecule has 1 aliphatic rings. The molecule has 1 aromatic heterocycles. The van der Waals surface area contributed by atoms with Crippen LogP contribution < -0.4 is 0 Å². The van der Waals surface area contributed by atoms with E-state index in [1.807, 2.05) is 4.57 Å². The molecule has 0 unspecified atom stereocenters. The van der Waals surface area contributed by atoms with E-state index < -0.39 is 18.3 Å². The van der Waals surface area contributed by atoms with Crippen molar-refractivity contribution in [3.8, 4) is 0 Å². The van der Waals surface area contributed by atoms with Crippen molar-refractivity contribution in [2.24, 2.45) is 0 Å². The van der Waals surface area contributed by atoms with E-state index in [1.165, 1.54) is 12.1 Å². The molecule has 1 fully saturated rings. The van der Waals surface area contributed by atoms with Gasteiger partial charge in [-0.05, 0) is 42.8 Å². The molecule has 0 spiro atoms. The second-order valence-corrected chi connectivity index (χ2v) is 6.73. The molecule has 2 heterocycles. The molecular weight excluding hydrogens is 350 g/mol. The number of rotatable bonds is 1. The van der Waals surface area contributed by atoms with Crippen molar-refractivity contribution in [2.45, 2.75) is 18.6 Å². The monoisotopic (exact) mass is 364 g/mol. The van der Waals surface area contributed by atoms with Gasteiger partial charge in [0.15, 0.2) is 0 Å². The number of piperidine rings is 1. The highest BCUT2D eigenvalue weighted by atomic mass is 35.5. The fourth-order valence-electron chi connectivity index (χ4n) is 3.71. The number of nitrogens with zero attached hydrogens (tertiary/aromatic N) is 2. The lowest BCUT2D eigenvalue weighted by Crippen LogP contribution is -2.44. The summed E-state index contributed by atoms with van der Waals surface area (Å²) in [7, 11) is 0. The van der Waals surface area contributed by atoms with Crippen LogP contribution in [0.3, 0.4) is 0 Å². The zero-order valence-electron chi connectivity index (χ0n) is 13.1. The summed E-state index contributed by atoms with van der Waals surface area (Å²) >= 11 is 6.09. The van der Waals surface area contributed by atoms with E-state index >= 15 is 0 Å². The molecule has 0 aliphatic carbocycles. The fourth-order valence-corrected chi connectivity index (χ4v) is 3.88. The van der Waals surface area contributed by atoms with Crippen molar-refractivity contribution in [2.75, 3.05) is 13.1 Å². The van der Waals surface area contributed by atoms with Crippen LogP contribution in [-0.2, 0) is 0 Å². The molecule has 1 N–H and O–H groups in total. The lowest BCUT2D eigenvalue weighted by atomic mass is 10.0. The Morgan fingerprint density at radius 2 is 1.84 bits per heavy atom. The first kappa shape index (κ1) is 16.1. The Bertz CT molecular complexity index is 929. The van der Waals surface area contributed by atoms with Gasteiger partial charge >= 0.3 is 6.09 Å². The molecule has 4 rings (SSSR count). The lowest BCUT2D eigenvalue weighted by Gasteiger charge is -2.34. The maximum Gasteiger partial charge on any atom is 0.407 e. The Hall–Kier alpha value is -2.34. The first-order valence-corrected chi connectivity index (χ1v) is 8.34. The summed E-state index contributed by atoms with van der Waals surface area (Å²) in [5.41, 5.74) is 1.48. The van der Waals surface area contributed by atoms with Crippen LogP contribution >= 0.6 is 11.6 Å². The molecule has 7 heteroatoms. The van der Waals surface area contributed by atoms with Crippen LogP contribution in [0.15, 0.2) is 36.4 Å². The van der Waals surface area contributed by atoms with Gasteiger partial charge in [0.1, 0.15) is 12.0 Å². The number of carboxylic acid groups (broad SMARTS) is 1. The highest BCUT2D eigenvalue weighted by Crippen LogP contribution is 2.37. The molecule has 25 heavy (non-hydrogen) atoms. The second kappa shape index (κ2) is 5.88. The SMILES string of the molecule is O=C(O)N1CC[C@H](n2c3ccc(F)cc3c3cc(Cl)ccc32)[C@H](F)C1. The predicted molar refractivity (Wildman–Crippen MR) is 92.6 cm³/mol. The number of aromatic nitrogens is 1. The quantitative estimate of drug-likeness (QED) is 0.671. The predicted octanol–water partition coefficient (Wildman–Crippen LogP) is 4.85. The van der Waals surface area contributed by atoms with Crippen molar-refractivity contribution in [1.82, 2.24) is 9.47 Å². The average molecular weight is 365 g/mol. The standard InChI is InChI=1S/C18H15ClF2N2O2/c19-10-1-3-15-12(7-10)13-8-11(20)2-4-16(13)23(15)17-5-6-22(18(24)25)9-14(17)21/h1-4,7-8,14,17H,5-6,9H2,(H,24,25)/t14-,17+/m1/s1. The summed E-state index contributed by atoms with van der Waals surface area (Å²) in [6.45, 7) is 0.0896. The summed E-state index contributed by atoms with van der Waals surface area (Å²) in [5, 5.41) is 11.0. The maximum atomic E-state index is 14.8. The maximum absolute atomic E-state index is 14.8. The molecule has 1 saturated heterocycles. The second-order valence-electron chi connectivity index (χ2n) is 6.29. The number of alkyl halides is 1. The third kappa shape index (κ3) is 2.61. The first-order chi connectivity index (χ1) is 12.0. The minimum Gasteiger partial charge on any atom is -0.465 e. The van der Waals surface area contributed by atoms with Crippen LogP contribution in [0.4, 0.5) is 13.6 Å². The van der Waals surface area contributed by atoms with Gasteiger partial charge in [-0.2, -0.15) is 0 Å². The van der Waals surface area contributed by atoms with Crippen LogP contribution in [0, 0.1) is 5.82 Å². The molecule has 2 aromatic carbocycles. The van der Waals surface area contributed by atoms with E-state index in [2.05, 4.69) is 0 Å². The van der Waals surface area contributed by atoms with Crippen LogP contribution in [0.1, 0.15) is 12.5 Å². The minimum atomic E-state index is -1.34. The molecule has 130 valence electrons. The Morgan fingerprint density at radius 1 is 1.16 bits per heavy atom. The lowest BCUT2D eigenvalue weighted by molar-refractivity contribution is 0.0818. The number of benzene rings is 2. The van der Waals surface area contributed by atoms with Crippen molar-refractivity contribution in [1.29, 1.82) is 0 Å². The van der Waals surface area contributed by atoms with Gasteiger partial charge in [-0.3, -0.25) is 0 Å². The van der Waals surface area contributed by atoms with Gasteiger partial charge in [-0.1, -0.05) is 11.6 Å². The van der Waals surface area contributed by atoms with Crippen LogP contribution in [-0.4, -0.2) is 39.9 Å². The molecule has 0 bridgehead atoms. The number of hydrogen-bond donors (Lipinski definition) is 1. The highest BCUT2D eigenvalue weighted by Gasteiger charge is 2.34. The zero-order chi connectivity index (χ0) is 17.7. The number of hydrogen-bond acceptors (Lipinski definition) is 1. The first-order valence-electron chi connectivity index (χ1n) is 7.96. The molecule has 1 aliphatic heterocycles. The Labute approximate surface area is 147 Å². The van der Waals surface area contributed by atoms with E-state index in [-0.39, 0.29) is 18.9 Å². The molecular formula is C18H15ClF2N2O2. The van der Waals surface area contributed by atoms with Gasteiger partial charge in [0, 0.05) is 33.4 Å². The Balaban J connectivity index is 1.90. The van der Waals surface area contributed by atoms with Gasteiger partial charge in [-0.25, -0.2) is 13.6 Å². The fraction of sp³-hybridized carbons (Fsp3) is 0.278. The van der Waals surface area contributed by atoms with Gasteiger partial charge in [-0.15, -0.1) is 0 Å². The van der Waals surface area contributed by atoms with Crippen LogP contribution in [0.2, 0.25) is 5.02 Å². The number of halogens is 3. The van der Waals surface area contributed by atoms with E-state index in [0.717, 1.165) is 21.3 Å². The molecule has 2 atom stereocenters. The van der Waals surface area contributed by atoms with Crippen molar-refractivity contribution in [3.05, 3.63) is 47.2 Å². The summed E-state index contributed by atoms with van der Waals surface area (Å²) in [6, 6.07) is 9.15. The van der Waals surface area contributed by atoms with E-state index in [9.17, 15) is 13.6 Å². The van der Waals surface area contributed by atoms with Gasteiger partial charge in [0.2, 0.25) is 0 Å².